The molecular formula is C10H13N3O3. The summed E-state index contributed by atoms with van der Waals surface area (Å²) < 4.78 is 6.63. The van der Waals surface area contributed by atoms with Gasteiger partial charge in [-0.25, -0.2) is 9.78 Å². The standard InChI is InChI=1S/C10H13N3O3/c1-2-16-10(14)8(12-15)9-11-5-6-13(9)7-3-4-7/h5-7,15H,2-4H2,1H3/b12-8-. The molecule has 6 heteroatoms. The third-order valence-corrected chi connectivity index (χ3v) is 2.39. The van der Waals surface area contributed by atoms with Crippen molar-refractivity contribution in [2.45, 2.75) is 25.8 Å². The third kappa shape index (κ3) is 1.91. The minimum atomic E-state index is -0.655. The molecule has 0 amide bonds. The van der Waals surface area contributed by atoms with Crippen molar-refractivity contribution in [3.8, 4) is 0 Å². The van der Waals surface area contributed by atoms with E-state index in [2.05, 4.69) is 10.1 Å². The highest BCUT2D eigenvalue weighted by Crippen LogP contribution is 2.35. The van der Waals surface area contributed by atoms with Crippen molar-refractivity contribution in [1.29, 1.82) is 0 Å². The van der Waals surface area contributed by atoms with Gasteiger partial charge < -0.3 is 14.5 Å². The molecule has 1 aliphatic rings. The highest BCUT2D eigenvalue weighted by Gasteiger charge is 2.29. The molecule has 0 aliphatic heterocycles. The summed E-state index contributed by atoms with van der Waals surface area (Å²) in [5.74, 6) is -0.290. The molecule has 0 atom stereocenters. The zero-order valence-corrected chi connectivity index (χ0v) is 8.96. The summed E-state index contributed by atoms with van der Waals surface area (Å²) in [5, 5.41) is 11.8. The number of hydrogen-bond acceptors (Lipinski definition) is 5. The molecule has 1 heterocycles. The molecule has 0 bridgehead atoms. The van der Waals surface area contributed by atoms with Crippen molar-refractivity contribution in [2.24, 2.45) is 5.16 Å². The minimum absolute atomic E-state index is 0.140. The molecule has 0 spiro atoms. The molecule has 0 aromatic carbocycles. The summed E-state index contributed by atoms with van der Waals surface area (Å²) in [7, 11) is 0. The van der Waals surface area contributed by atoms with Crippen LogP contribution in [-0.2, 0) is 9.53 Å². The normalized spacial score (nSPS) is 16.2. The van der Waals surface area contributed by atoms with Gasteiger partial charge in [0.05, 0.1) is 6.61 Å². The summed E-state index contributed by atoms with van der Waals surface area (Å²) in [6, 6.07) is 0.365. The second-order valence-electron chi connectivity index (χ2n) is 3.56. The molecule has 16 heavy (non-hydrogen) atoms. The molecular weight excluding hydrogens is 210 g/mol. The molecule has 6 nitrogen and oxygen atoms in total. The fourth-order valence-electron chi connectivity index (χ4n) is 1.52. The Bertz CT molecular complexity index is 421. The number of nitrogens with zero attached hydrogens (tertiary/aromatic N) is 3. The lowest BCUT2D eigenvalue weighted by Crippen LogP contribution is -2.22. The van der Waals surface area contributed by atoms with Gasteiger partial charge in [0.1, 0.15) is 0 Å². The quantitative estimate of drug-likeness (QED) is 0.357. The lowest BCUT2D eigenvalue weighted by atomic mass is 10.3. The largest absolute Gasteiger partial charge is 0.461 e. The predicted molar refractivity (Wildman–Crippen MR) is 55.5 cm³/mol. The molecule has 1 aromatic rings. The maximum atomic E-state index is 11.5. The fraction of sp³-hybridized carbons (Fsp3) is 0.500. The van der Waals surface area contributed by atoms with E-state index >= 15 is 0 Å². The first-order valence-corrected chi connectivity index (χ1v) is 5.20. The second-order valence-corrected chi connectivity index (χ2v) is 3.56. The number of ether oxygens (including phenoxy) is 1. The molecule has 0 radical (unpaired) electrons. The Balaban J connectivity index is 2.26. The van der Waals surface area contributed by atoms with E-state index in [4.69, 9.17) is 9.94 Å². The number of imidazole rings is 1. The first kappa shape index (κ1) is 10.7. The van der Waals surface area contributed by atoms with E-state index in [0.717, 1.165) is 12.8 Å². The van der Waals surface area contributed by atoms with Crippen molar-refractivity contribution in [1.82, 2.24) is 9.55 Å². The van der Waals surface area contributed by atoms with Gasteiger partial charge >= 0.3 is 5.97 Å². The van der Waals surface area contributed by atoms with Crippen LogP contribution < -0.4 is 0 Å². The predicted octanol–water partition coefficient (Wildman–Crippen LogP) is 0.959. The highest BCUT2D eigenvalue weighted by atomic mass is 16.5. The van der Waals surface area contributed by atoms with Gasteiger partial charge in [0.15, 0.2) is 5.82 Å². The van der Waals surface area contributed by atoms with Gasteiger partial charge in [0, 0.05) is 18.4 Å². The number of esters is 1. The zero-order chi connectivity index (χ0) is 11.5. The van der Waals surface area contributed by atoms with Crippen LogP contribution in [0.4, 0.5) is 0 Å². The molecule has 0 saturated heterocycles. The third-order valence-electron chi connectivity index (χ3n) is 2.39. The van der Waals surface area contributed by atoms with Crippen molar-refractivity contribution in [3.05, 3.63) is 18.2 Å². The van der Waals surface area contributed by atoms with Crippen LogP contribution in [0.3, 0.4) is 0 Å². The van der Waals surface area contributed by atoms with Gasteiger partial charge in [-0.2, -0.15) is 0 Å². The Morgan fingerprint density at radius 2 is 2.50 bits per heavy atom. The molecule has 1 fully saturated rings. The Labute approximate surface area is 92.5 Å². The van der Waals surface area contributed by atoms with Gasteiger partial charge in [0.25, 0.3) is 0 Å². The molecule has 1 aromatic heterocycles. The summed E-state index contributed by atoms with van der Waals surface area (Å²) >= 11 is 0. The smallest absolute Gasteiger partial charge is 0.364 e. The zero-order valence-electron chi connectivity index (χ0n) is 8.96. The van der Waals surface area contributed by atoms with Crippen LogP contribution in [0.1, 0.15) is 31.6 Å². The summed E-state index contributed by atoms with van der Waals surface area (Å²) in [5.41, 5.74) is -0.140. The topological polar surface area (TPSA) is 76.7 Å². The highest BCUT2D eigenvalue weighted by molar-refractivity contribution is 6.42. The van der Waals surface area contributed by atoms with E-state index in [0.29, 0.717) is 11.9 Å². The lowest BCUT2D eigenvalue weighted by molar-refractivity contribution is -0.135. The van der Waals surface area contributed by atoms with Crippen molar-refractivity contribution in [3.63, 3.8) is 0 Å². The van der Waals surface area contributed by atoms with E-state index in [1.54, 1.807) is 19.3 Å². The van der Waals surface area contributed by atoms with E-state index in [9.17, 15) is 4.79 Å². The van der Waals surface area contributed by atoms with Crippen molar-refractivity contribution in [2.75, 3.05) is 6.61 Å². The summed E-state index contributed by atoms with van der Waals surface area (Å²) in [6.45, 7) is 1.93. The molecule has 1 aliphatic carbocycles. The SMILES string of the molecule is CCOC(=O)/C(=N\O)c1nccn1C1CC1. The van der Waals surface area contributed by atoms with Gasteiger partial charge in [-0.1, -0.05) is 5.16 Å². The molecule has 1 saturated carbocycles. The Morgan fingerprint density at radius 3 is 3.06 bits per heavy atom. The van der Waals surface area contributed by atoms with Crippen LogP contribution in [-0.4, -0.2) is 33.0 Å². The van der Waals surface area contributed by atoms with Crippen LogP contribution >= 0.6 is 0 Å². The molecule has 0 unspecified atom stereocenters. The maximum absolute atomic E-state index is 11.5. The van der Waals surface area contributed by atoms with Crippen LogP contribution in [0, 0.1) is 0 Å². The van der Waals surface area contributed by atoms with Crippen LogP contribution in [0.2, 0.25) is 0 Å². The monoisotopic (exact) mass is 223 g/mol. The van der Waals surface area contributed by atoms with E-state index in [-0.39, 0.29) is 12.3 Å². The minimum Gasteiger partial charge on any atom is -0.461 e. The average molecular weight is 223 g/mol. The van der Waals surface area contributed by atoms with Gasteiger partial charge in [-0.15, -0.1) is 0 Å². The molecule has 86 valence electrons. The average Bonchev–Trinajstić information content (AvgIpc) is 3.01. The Kier molecular flexibility index (Phi) is 2.89. The number of carbonyl (C=O) groups is 1. The molecule has 1 N–H and O–H groups in total. The maximum Gasteiger partial charge on any atom is 0.364 e. The number of hydrogen-bond donors (Lipinski definition) is 1. The first-order valence-electron chi connectivity index (χ1n) is 5.20. The fourth-order valence-corrected chi connectivity index (χ4v) is 1.52. The summed E-state index contributed by atoms with van der Waals surface area (Å²) in [6.07, 6.45) is 5.48. The number of carbonyl (C=O) groups excluding carboxylic acids is 1. The Morgan fingerprint density at radius 1 is 1.75 bits per heavy atom. The van der Waals surface area contributed by atoms with Gasteiger partial charge in [0.2, 0.25) is 5.71 Å². The van der Waals surface area contributed by atoms with Crippen LogP contribution in [0.15, 0.2) is 17.5 Å². The second kappa shape index (κ2) is 4.34. The van der Waals surface area contributed by atoms with Gasteiger partial charge in [-0.3, -0.25) is 0 Å². The van der Waals surface area contributed by atoms with Crippen LogP contribution in [0.25, 0.3) is 0 Å². The van der Waals surface area contributed by atoms with Crippen molar-refractivity contribution < 1.29 is 14.7 Å². The first-order chi connectivity index (χ1) is 7.77. The van der Waals surface area contributed by atoms with Gasteiger partial charge in [-0.05, 0) is 19.8 Å². The van der Waals surface area contributed by atoms with E-state index < -0.39 is 5.97 Å². The van der Waals surface area contributed by atoms with Crippen molar-refractivity contribution >= 4 is 11.7 Å². The number of aromatic nitrogens is 2. The lowest BCUT2D eigenvalue weighted by Gasteiger charge is -2.06. The number of oxime groups is 1. The van der Waals surface area contributed by atoms with Crippen LogP contribution in [0.5, 0.6) is 0 Å². The molecule has 2 rings (SSSR count). The van der Waals surface area contributed by atoms with E-state index in [1.165, 1.54) is 0 Å². The Hall–Kier alpha value is -1.85. The van der Waals surface area contributed by atoms with E-state index in [1.807, 2.05) is 4.57 Å². The number of rotatable bonds is 4. The summed E-state index contributed by atoms with van der Waals surface area (Å²) in [4.78, 5) is 15.5.